The molecule has 286 valence electrons. The molecule has 0 unspecified atom stereocenters. The normalized spacial score (nSPS) is 17.5. The average Bonchev–Trinajstić information content (AvgIpc) is 3.89. The summed E-state index contributed by atoms with van der Waals surface area (Å²) in [7, 11) is 4.18. The number of nitrogens with zero attached hydrogens (tertiary/aromatic N) is 6. The number of ether oxygens (including phenoxy) is 1. The van der Waals surface area contributed by atoms with E-state index >= 15 is 4.79 Å². The zero-order valence-corrected chi connectivity index (χ0v) is 33.9. The molecule has 6 aromatic rings. The highest BCUT2D eigenvalue weighted by Crippen LogP contribution is 2.44. The van der Waals surface area contributed by atoms with Crippen molar-refractivity contribution in [3.8, 4) is 16.9 Å². The molecule has 0 bridgehead atoms. The van der Waals surface area contributed by atoms with Crippen LogP contribution in [0.15, 0.2) is 48.7 Å². The van der Waals surface area contributed by atoms with Gasteiger partial charge in [-0.2, -0.15) is 5.10 Å². The quantitative estimate of drug-likeness (QED) is 0.104. The number of aromatic nitrogens is 4. The first-order valence-corrected chi connectivity index (χ1v) is 19.8. The number of anilines is 1. The van der Waals surface area contributed by atoms with Crippen LogP contribution in [0, 0.1) is 47.5 Å². The van der Waals surface area contributed by atoms with Crippen molar-refractivity contribution in [2.75, 3.05) is 38.2 Å². The van der Waals surface area contributed by atoms with Crippen LogP contribution in [0.25, 0.3) is 32.9 Å². The van der Waals surface area contributed by atoms with Gasteiger partial charge in [0.15, 0.2) is 0 Å². The Balaban J connectivity index is 1.25. The Morgan fingerprint density at radius 3 is 2.35 bits per heavy atom. The maximum absolute atomic E-state index is 15.4. The largest absolute Gasteiger partial charge is 0.494 e. The number of likely N-dealkylation sites (tertiary alicyclic amines) is 1. The van der Waals surface area contributed by atoms with Crippen LogP contribution in [0.4, 0.5) is 5.69 Å². The lowest BCUT2D eigenvalue weighted by molar-refractivity contribution is 0.0957. The predicted molar refractivity (Wildman–Crippen MR) is 222 cm³/mol. The summed E-state index contributed by atoms with van der Waals surface area (Å²) < 4.78 is 12.9. The number of carbonyl (C=O) groups is 2. The van der Waals surface area contributed by atoms with Crippen molar-refractivity contribution < 1.29 is 14.3 Å². The number of rotatable bonds is 10. The van der Waals surface area contributed by atoms with Crippen molar-refractivity contribution in [1.29, 1.82) is 0 Å². The average molecular weight is 739 g/mol. The van der Waals surface area contributed by atoms with Gasteiger partial charge in [0.2, 0.25) is 0 Å². The van der Waals surface area contributed by atoms with E-state index in [1.807, 2.05) is 34.8 Å². The van der Waals surface area contributed by atoms with Crippen molar-refractivity contribution in [2.24, 2.45) is 13.0 Å². The van der Waals surface area contributed by atoms with E-state index in [9.17, 15) is 4.79 Å². The minimum atomic E-state index is -0.0207. The minimum absolute atomic E-state index is 0.00519. The lowest BCUT2D eigenvalue weighted by Gasteiger charge is -2.34. The predicted octanol–water partition coefficient (Wildman–Crippen LogP) is 8.84. The summed E-state index contributed by atoms with van der Waals surface area (Å²) in [6.45, 7) is 19.1. The van der Waals surface area contributed by atoms with Gasteiger partial charge in [0, 0.05) is 72.1 Å². The molecule has 1 saturated heterocycles. The van der Waals surface area contributed by atoms with Crippen molar-refractivity contribution >= 4 is 39.7 Å². The number of aryl methyl sites for hydroxylation is 6. The third-order valence-electron chi connectivity index (χ3n) is 12.6. The molecule has 2 atom stereocenters. The molecule has 0 aliphatic carbocycles. The highest BCUT2D eigenvalue weighted by Gasteiger charge is 2.38. The molecule has 9 nitrogen and oxygen atoms in total. The number of benzene rings is 3. The molecule has 0 spiro atoms. The Kier molecular flexibility index (Phi) is 9.48. The van der Waals surface area contributed by atoms with Crippen LogP contribution >= 0.6 is 0 Å². The molecular formula is C46H54N6O3. The van der Waals surface area contributed by atoms with E-state index in [0.29, 0.717) is 31.1 Å². The topological polar surface area (TPSA) is 77.5 Å². The molecule has 8 rings (SSSR count). The van der Waals surface area contributed by atoms with Gasteiger partial charge in [0.05, 0.1) is 29.0 Å². The number of hydrogen-bond acceptors (Lipinski definition) is 5. The fraction of sp³-hybridized carbons (Fsp3) is 0.413. The molecule has 1 fully saturated rings. The molecule has 0 radical (unpaired) electrons. The number of aldehydes is 1. The van der Waals surface area contributed by atoms with Gasteiger partial charge >= 0.3 is 0 Å². The smallest absolute Gasteiger partial charge is 0.275 e. The third kappa shape index (κ3) is 6.26. The fourth-order valence-corrected chi connectivity index (χ4v) is 9.42. The summed E-state index contributed by atoms with van der Waals surface area (Å²) in [5.41, 5.74) is 14.7. The van der Waals surface area contributed by atoms with E-state index in [4.69, 9.17) is 9.84 Å². The molecule has 1 amide bonds. The van der Waals surface area contributed by atoms with Crippen LogP contribution in [-0.4, -0.2) is 69.3 Å². The number of fused-ring (bicyclic) bond motifs is 4. The standard InChI is InChI=1S/C46H54N6O3/c1-27-12-14-38-37(11-10-18-55-36-19-28(2)31(5)29(3)20-36)45-46(54)51(22-30(4)52(45)44(38)42(27)43-32(6)47-49(9)33(43)7)41-25-50(24-35-16-17-48(8)23-35)40-15-13-34(26-53)21-39(40)41/h12-15,19-21,25-26,30,35H,10-11,16-18,22-24H2,1-9H3/t30-,35-/m1/s1. The Hall–Kier alpha value is -5.15. The van der Waals surface area contributed by atoms with Gasteiger partial charge in [0.25, 0.3) is 5.91 Å². The first-order valence-electron chi connectivity index (χ1n) is 19.8. The van der Waals surface area contributed by atoms with Crippen LogP contribution < -0.4 is 9.64 Å². The lowest BCUT2D eigenvalue weighted by Crippen LogP contribution is -2.42. The fourth-order valence-electron chi connectivity index (χ4n) is 9.42. The van der Waals surface area contributed by atoms with Crippen molar-refractivity contribution in [3.63, 3.8) is 0 Å². The van der Waals surface area contributed by atoms with Gasteiger partial charge in [-0.25, -0.2) is 0 Å². The van der Waals surface area contributed by atoms with Gasteiger partial charge in [-0.1, -0.05) is 12.1 Å². The van der Waals surface area contributed by atoms with Crippen LogP contribution in [0.3, 0.4) is 0 Å². The molecule has 3 aromatic heterocycles. The Morgan fingerprint density at radius 2 is 1.67 bits per heavy atom. The molecule has 3 aromatic carbocycles. The summed E-state index contributed by atoms with van der Waals surface area (Å²) in [6.07, 6.45) is 5.65. The van der Waals surface area contributed by atoms with Crippen LogP contribution in [0.1, 0.15) is 85.9 Å². The molecular weight excluding hydrogens is 685 g/mol. The maximum atomic E-state index is 15.4. The van der Waals surface area contributed by atoms with Gasteiger partial charge in [0.1, 0.15) is 17.7 Å². The van der Waals surface area contributed by atoms with Gasteiger partial charge in [-0.3, -0.25) is 14.3 Å². The highest BCUT2D eigenvalue weighted by atomic mass is 16.5. The van der Waals surface area contributed by atoms with Gasteiger partial charge in [-0.05, 0) is 145 Å². The minimum Gasteiger partial charge on any atom is -0.494 e. The van der Waals surface area contributed by atoms with Crippen LogP contribution in [-0.2, 0) is 20.0 Å². The molecule has 9 heteroatoms. The first-order chi connectivity index (χ1) is 26.4. The Morgan fingerprint density at radius 1 is 0.909 bits per heavy atom. The molecule has 55 heavy (non-hydrogen) atoms. The summed E-state index contributed by atoms with van der Waals surface area (Å²) in [4.78, 5) is 31.8. The first kappa shape index (κ1) is 36.8. The zero-order chi connectivity index (χ0) is 38.9. The molecule has 2 aliphatic heterocycles. The second-order valence-electron chi connectivity index (χ2n) is 16.4. The number of carbonyl (C=O) groups excluding carboxylic acids is 2. The Labute approximate surface area is 324 Å². The maximum Gasteiger partial charge on any atom is 0.275 e. The summed E-state index contributed by atoms with van der Waals surface area (Å²) >= 11 is 0. The van der Waals surface area contributed by atoms with Crippen LogP contribution in [0.2, 0.25) is 0 Å². The summed E-state index contributed by atoms with van der Waals surface area (Å²) in [5, 5.41) is 6.87. The zero-order valence-electron chi connectivity index (χ0n) is 33.9. The second-order valence-corrected chi connectivity index (χ2v) is 16.4. The van der Waals surface area contributed by atoms with Gasteiger partial charge in [-0.15, -0.1) is 0 Å². The summed E-state index contributed by atoms with van der Waals surface area (Å²) in [5.74, 6) is 1.41. The van der Waals surface area contributed by atoms with Crippen molar-refractivity contribution in [2.45, 2.75) is 80.3 Å². The molecule has 0 N–H and O–H groups in total. The van der Waals surface area contributed by atoms with Crippen LogP contribution in [0.5, 0.6) is 5.75 Å². The number of hydrogen-bond donors (Lipinski definition) is 0. The molecule has 2 aliphatic rings. The SMILES string of the molecule is Cc1cc(OCCCc2c3n(c4c(-c5c(C)nn(C)c5C)c(C)ccc24)[C@H](C)CN(c2cn(C[C@@H]4CCN(C)C4)c4ccc(C=O)cc24)C3=O)cc(C)c1C. The molecule has 5 heterocycles. The van der Waals surface area contributed by atoms with E-state index in [1.165, 1.54) is 16.7 Å². The second kappa shape index (κ2) is 14.2. The van der Waals surface area contributed by atoms with E-state index in [1.54, 1.807) is 0 Å². The van der Waals surface area contributed by atoms with Gasteiger partial charge < -0.3 is 23.7 Å². The highest BCUT2D eigenvalue weighted by molar-refractivity contribution is 6.16. The van der Waals surface area contributed by atoms with E-state index in [-0.39, 0.29) is 11.9 Å². The molecule has 0 saturated carbocycles. The Bertz CT molecular complexity index is 2480. The van der Waals surface area contributed by atoms with E-state index < -0.39 is 0 Å². The third-order valence-corrected chi connectivity index (χ3v) is 12.6. The number of amides is 1. The van der Waals surface area contributed by atoms with Crippen molar-refractivity contribution in [1.82, 2.24) is 23.8 Å². The van der Waals surface area contributed by atoms with Crippen molar-refractivity contribution in [3.05, 3.63) is 99.1 Å². The lowest BCUT2D eigenvalue weighted by atomic mass is 9.94. The van der Waals surface area contributed by atoms with E-state index in [2.05, 4.69) is 100 Å². The summed E-state index contributed by atoms with van der Waals surface area (Å²) in [6, 6.07) is 14.5. The monoisotopic (exact) mass is 738 g/mol. The van der Waals surface area contributed by atoms with E-state index in [0.717, 1.165) is 111 Å².